The molecule has 1 N–H and O–H groups in total. The van der Waals surface area contributed by atoms with E-state index in [9.17, 15) is 9.90 Å². The quantitative estimate of drug-likeness (QED) is 0.633. The number of fused-ring (bicyclic) bond motifs is 1. The van der Waals surface area contributed by atoms with E-state index in [4.69, 9.17) is 0 Å². The lowest BCUT2D eigenvalue weighted by molar-refractivity contribution is 0.0999. The number of azo groups is 1. The normalized spacial score (nSPS) is 11.8. The Morgan fingerprint density at radius 3 is 2.75 bits per heavy atom. The summed E-state index contributed by atoms with van der Waals surface area (Å²) >= 11 is 1.32. The third-order valence-corrected chi connectivity index (χ3v) is 4.68. The molecule has 124 valence electrons. The van der Waals surface area contributed by atoms with Crippen LogP contribution in [0.25, 0.3) is 10.9 Å². The van der Waals surface area contributed by atoms with Crippen molar-refractivity contribution in [3.8, 4) is 5.88 Å². The van der Waals surface area contributed by atoms with E-state index < -0.39 is 5.91 Å². The number of nitrogens with zero attached hydrogens (tertiary/aromatic N) is 3. The summed E-state index contributed by atoms with van der Waals surface area (Å²) < 4.78 is 1.83. The molecule has 1 aromatic carbocycles. The number of aryl methyl sites for hydroxylation is 1. The van der Waals surface area contributed by atoms with Crippen molar-refractivity contribution >= 4 is 33.8 Å². The first-order valence-corrected chi connectivity index (χ1v) is 8.75. The molecule has 2 heterocycles. The van der Waals surface area contributed by atoms with Gasteiger partial charge in [0.1, 0.15) is 0 Å². The van der Waals surface area contributed by atoms with E-state index in [1.807, 2.05) is 34.2 Å². The van der Waals surface area contributed by atoms with Crippen LogP contribution in [0, 0.1) is 5.92 Å². The lowest BCUT2D eigenvalue weighted by atomic mass is 10.1. The Bertz CT molecular complexity index is 879. The second-order valence-corrected chi connectivity index (χ2v) is 6.95. The third-order valence-electron chi connectivity index (χ3n) is 3.82. The lowest BCUT2D eigenvalue weighted by Crippen LogP contribution is -2.00. The van der Waals surface area contributed by atoms with Crippen molar-refractivity contribution in [1.29, 1.82) is 0 Å². The Hall–Kier alpha value is -2.47. The van der Waals surface area contributed by atoms with E-state index in [1.54, 1.807) is 12.1 Å². The second kappa shape index (κ2) is 6.97. The zero-order valence-corrected chi connectivity index (χ0v) is 14.5. The molecule has 0 radical (unpaired) electrons. The molecule has 3 rings (SSSR count). The standard InChI is InChI=1S/C18H19N3O2S/c1-12(2)9-10-21-14-7-4-3-6-13(14)16(18(21)23)19-20-17(22)15-8-5-11-24-15/h3-8,11-12,23H,9-10H2,1-2H3. The van der Waals surface area contributed by atoms with Crippen molar-refractivity contribution in [3.63, 3.8) is 0 Å². The Morgan fingerprint density at radius 1 is 1.25 bits per heavy atom. The molecule has 1 amide bonds. The summed E-state index contributed by atoms with van der Waals surface area (Å²) in [5.74, 6) is 0.180. The zero-order chi connectivity index (χ0) is 17.1. The summed E-state index contributed by atoms with van der Waals surface area (Å²) in [5, 5.41) is 21.0. The van der Waals surface area contributed by atoms with Gasteiger partial charge in [-0.1, -0.05) is 38.1 Å². The van der Waals surface area contributed by atoms with Crippen LogP contribution in [0.5, 0.6) is 5.88 Å². The smallest absolute Gasteiger partial charge is 0.305 e. The monoisotopic (exact) mass is 341 g/mol. The van der Waals surface area contributed by atoms with Crippen molar-refractivity contribution in [2.45, 2.75) is 26.8 Å². The average molecular weight is 341 g/mol. The van der Waals surface area contributed by atoms with Gasteiger partial charge in [-0.05, 0) is 29.9 Å². The fourth-order valence-electron chi connectivity index (χ4n) is 2.53. The first-order valence-electron chi connectivity index (χ1n) is 7.87. The van der Waals surface area contributed by atoms with E-state index in [0.29, 0.717) is 23.0 Å². The molecule has 0 fully saturated rings. The van der Waals surface area contributed by atoms with Gasteiger partial charge in [0, 0.05) is 11.9 Å². The first-order chi connectivity index (χ1) is 11.6. The van der Waals surface area contributed by atoms with Crippen LogP contribution in [0.4, 0.5) is 5.69 Å². The Morgan fingerprint density at radius 2 is 2.04 bits per heavy atom. The van der Waals surface area contributed by atoms with Crippen molar-refractivity contribution in [2.24, 2.45) is 16.1 Å². The molecule has 0 saturated carbocycles. The molecule has 6 heteroatoms. The van der Waals surface area contributed by atoms with E-state index in [-0.39, 0.29) is 5.88 Å². The molecule has 24 heavy (non-hydrogen) atoms. The fraction of sp³-hybridized carbons (Fsp3) is 0.278. The molecule has 0 unspecified atom stereocenters. The number of para-hydroxylation sites is 1. The van der Waals surface area contributed by atoms with E-state index in [0.717, 1.165) is 17.3 Å². The van der Waals surface area contributed by atoms with Gasteiger partial charge in [0.25, 0.3) is 0 Å². The molecule has 2 aromatic heterocycles. The van der Waals surface area contributed by atoms with Crippen LogP contribution in [-0.2, 0) is 6.54 Å². The number of aromatic hydroxyl groups is 1. The number of carbonyl (C=O) groups is 1. The van der Waals surface area contributed by atoms with Crippen LogP contribution in [0.2, 0.25) is 0 Å². The largest absolute Gasteiger partial charge is 0.493 e. The highest BCUT2D eigenvalue weighted by molar-refractivity contribution is 7.12. The van der Waals surface area contributed by atoms with Crippen molar-refractivity contribution < 1.29 is 9.90 Å². The summed E-state index contributed by atoms with van der Waals surface area (Å²) in [5.41, 5.74) is 1.24. The van der Waals surface area contributed by atoms with Gasteiger partial charge in [0.2, 0.25) is 5.88 Å². The molecule has 0 bridgehead atoms. The predicted molar refractivity (Wildman–Crippen MR) is 96.2 cm³/mol. The first kappa shape index (κ1) is 16.4. The van der Waals surface area contributed by atoms with Crippen molar-refractivity contribution in [2.75, 3.05) is 0 Å². The molecule has 0 aliphatic heterocycles. The predicted octanol–water partition coefficient (Wildman–Crippen LogP) is 5.38. The van der Waals surface area contributed by atoms with Gasteiger partial charge in [-0.3, -0.25) is 4.79 Å². The highest BCUT2D eigenvalue weighted by Crippen LogP contribution is 2.39. The number of aromatic nitrogens is 1. The van der Waals surface area contributed by atoms with Crippen LogP contribution in [-0.4, -0.2) is 15.6 Å². The van der Waals surface area contributed by atoms with Crippen molar-refractivity contribution in [1.82, 2.24) is 4.57 Å². The average Bonchev–Trinajstić information content (AvgIpc) is 3.18. The number of amides is 1. The molecule has 0 aliphatic rings. The van der Waals surface area contributed by atoms with E-state index >= 15 is 0 Å². The number of benzene rings is 1. The van der Waals surface area contributed by atoms with Crippen LogP contribution < -0.4 is 0 Å². The number of carbonyl (C=O) groups excluding carboxylic acids is 1. The summed E-state index contributed by atoms with van der Waals surface area (Å²) in [4.78, 5) is 12.5. The van der Waals surface area contributed by atoms with Gasteiger partial charge < -0.3 is 9.67 Å². The molecule has 0 aliphatic carbocycles. The van der Waals surface area contributed by atoms with Crippen molar-refractivity contribution in [3.05, 3.63) is 46.7 Å². The number of hydrogen-bond acceptors (Lipinski definition) is 4. The summed E-state index contributed by atoms with van der Waals surface area (Å²) in [6, 6.07) is 11.1. The van der Waals surface area contributed by atoms with Gasteiger partial charge in [-0.15, -0.1) is 21.6 Å². The third kappa shape index (κ3) is 3.23. The Kier molecular flexibility index (Phi) is 4.76. The molecule has 0 saturated heterocycles. The second-order valence-electron chi connectivity index (χ2n) is 6.01. The van der Waals surface area contributed by atoms with Crippen LogP contribution in [0.1, 0.15) is 29.9 Å². The van der Waals surface area contributed by atoms with Gasteiger partial charge in [-0.25, -0.2) is 0 Å². The number of thiophene rings is 1. The molecule has 5 nitrogen and oxygen atoms in total. The molecule has 3 aromatic rings. The molecule has 0 spiro atoms. The lowest BCUT2D eigenvalue weighted by Gasteiger charge is -2.08. The summed E-state index contributed by atoms with van der Waals surface area (Å²) in [6.45, 7) is 4.98. The minimum absolute atomic E-state index is 0.0552. The molecular weight excluding hydrogens is 322 g/mol. The summed E-state index contributed by atoms with van der Waals surface area (Å²) in [6.07, 6.45) is 0.941. The van der Waals surface area contributed by atoms with Gasteiger partial charge in [0.05, 0.1) is 10.4 Å². The minimum atomic E-state index is -0.400. The molecular formula is C18H19N3O2S. The van der Waals surface area contributed by atoms with Gasteiger partial charge in [-0.2, -0.15) is 0 Å². The highest BCUT2D eigenvalue weighted by Gasteiger charge is 2.17. The molecule has 0 atom stereocenters. The van der Waals surface area contributed by atoms with E-state index in [2.05, 4.69) is 24.1 Å². The Balaban J connectivity index is 1.98. The van der Waals surface area contributed by atoms with Gasteiger partial charge in [0.15, 0.2) is 5.69 Å². The topological polar surface area (TPSA) is 66.9 Å². The maximum Gasteiger partial charge on any atom is 0.305 e. The maximum absolute atomic E-state index is 12.0. The number of rotatable bonds is 5. The SMILES string of the molecule is CC(C)CCn1c(O)c(N=NC(=O)c2cccs2)c2ccccc21. The maximum atomic E-state index is 12.0. The van der Waals surface area contributed by atoms with Crippen LogP contribution in [0.3, 0.4) is 0 Å². The summed E-state index contributed by atoms with van der Waals surface area (Å²) in [7, 11) is 0. The Labute approximate surface area is 144 Å². The van der Waals surface area contributed by atoms with Gasteiger partial charge >= 0.3 is 5.91 Å². The minimum Gasteiger partial charge on any atom is -0.493 e. The number of hydrogen-bond donors (Lipinski definition) is 1. The fourth-order valence-corrected chi connectivity index (χ4v) is 3.13. The highest BCUT2D eigenvalue weighted by atomic mass is 32.1. The zero-order valence-electron chi connectivity index (χ0n) is 13.6. The van der Waals surface area contributed by atoms with E-state index in [1.165, 1.54) is 11.3 Å². The van der Waals surface area contributed by atoms with Crippen LogP contribution in [0.15, 0.2) is 52.0 Å². The van der Waals surface area contributed by atoms with Crippen LogP contribution >= 0.6 is 11.3 Å².